The van der Waals surface area contributed by atoms with Gasteiger partial charge in [-0.1, -0.05) is 38.1 Å². The van der Waals surface area contributed by atoms with Crippen molar-refractivity contribution in [2.45, 2.75) is 52.6 Å². The van der Waals surface area contributed by atoms with Crippen LogP contribution in [0.15, 0.2) is 29.3 Å². The minimum Gasteiger partial charge on any atom is -0.356 e. The van der Waals surface area contributed by atoms with Crippen LogP contribution >= 0.6 is 24.0 Å². The van der Waals surface area contributed by atoms with Crippen LogP contribution in [0.2, 0.25) is 0 Å². The molecule has 1 aromatic rings. The summed E-state index contributed by atoms with van der Waals surface area (Å²) in [6.45, 7) is 9.09. The summed E-state index contributed by atoms with van der Waals surface area (Å²) in [5.74, 6) is 2.78. The fraction of sp³-hybridized carbons (Fsp3) is 0.636. The summed E-state index contributed by atoms with van der Waals surface area (Å²) in [5.41, 5.74) is 2.57. The Labute approximate surface area is 187 Å². The Balaban J connectivity index is 0.00000280. The number of rotatable bonds is 6. The average Bonchev–Trinajstić information content (AvgIpc) is 3.28. The van der Waals surface area contributed by atoms with Gasteiger partial charge in [-0.25, -0.2) is 0 Å². The first-order valence-electron chi connectivity index (χ1n) is 10.4. The number of aliphatic imine (C=N–C) groups is 1. The lowest BCUT2D eigenvalue weighted by Crippen LogP contribution is -2.40. The molecule has 156 valence electrons. The monoisotopic (exact) mass is 498 g/mol. The van der Waals surface area contributed by atoms with Crippen molar-refractivity contribution in [3.63, 3.8) is 0 Å². The molecule has 1 unspecified atom stereocenters. The van der Waals surface area contributed by atoms with E-state index < -0.39 is 0 Å². The highest BCUT2D eigenvalue weighted by atomic mass is 127. The molecule has 2 aliphatic heterocycles. The molecule has 0 radical (unpaired) electrons. The SMILES string of the molecule is CN=C(NCCCC(=O)N1Cc2ccccc2C1)N1CCC(CC(C)C)C1.I. The number of hydrogen-bond acceptors (Lipinski definition) is 2. The van der Waals surface area contributed by atoms with Crippen molar-refractivity contribution in [1.29, 1.82) is 0 Å². The lowest BCUT2D eigenvalue weighted by molar-refractivity contribution is -0.131. The molecule has 0 aromatic heterocycles. The number of amides is 1. The first-order chi connectivity index (χ1) is 13.1. The van der Waals surface area contributed by atoms with Gasteiger partial charge in [-0.05, 0) is 42.2 Å². The van der Waals surface area contributed by atoms with Crippen molar-refractivity contribution in [3.8, 4) is 0 Å². The van der Waals surface area contributed by atoms with E-state index in [1.54, 1.807) is 0 Å². The predicted molar refractivity (Wildman–Crippen MR) is 126 cm³/mol. The third-order valence-electron chi connectivity index (χ3n) is 5.65. The Morgan fingerprint density at radius 1 is 1.21 bits per heavy atom. The van der Waals surface area contributed by atoms with Crippen LogP contribution < -0.4 is 5.32 Å². The standard InChI is InChI=1S/C22H34N4O.HI/c1-17(2)13-18-10-12-25(14-18)22(23-3)24-11-6-9-21(27)26-15-19-7-4-5-8-20(19)16-26;/h4-5,7-8,17-18H,6,9-16H2,1-3H3,(H,23,24);1H. The first-order valence-corrected chi connectivity index (χ1v) is 10.4. The van der Waals surface area contributed by atoms with Gasteiger partial charge in [0.25, 0.3) is 0 Å². The van der Waals surface area contributed by atoms with Crippen LogP contribution in [0.25, 0.3) is 0 Å². The average molecular weight is 498 g/mol. The van der Waals surface area contributed by atoms with E-state index in [1.807, 2.05) is 24.1 Å². The van der Waals surface area contributed by atoms with Crippen molar-refractivity contribution in [2.75, 3.05) is 26.7 Å². The molecule has 1 fully saturated rings. The van der Waals surface area contributed by atoms with Crippen molar-refractivity contribution in [2.24, 2.45) is 16.8 Å². The molecule has 5 nitrogen and oxygen atoms in total. The molecular weight excluding hydrogens is 463 g/mol. The van der Waals surface area contributed by atoms with Gasteiger partial charge in [0.15, 0.2) is 5.96 Å². The minimum absolute atomic E-state index is 0. The second kappa shape index (κ2) is 11.0. The van der Waals surface area contributed by atoms with E-state index in [0.717, 1.165) is 56.9 Å². The molecule has 1 saturated heterocycles. The number of nitrogens with zero attached hydrogens (tertiary/aromatic N) is 3. The Kier molecular flexibility index (Phi) is 9.05. The first kappa shape index (κ1) is 23.0. The largest absolute Gasteiger partial charge is 0.356 e. The van der Waals surface area contributed by atoms with Gasteiger partial charge in [0.1, 0.15) is 0 Å². The number of fused-ring (bicyclic) bond motifs is 1. The number of hydrogen-bond donors (Lipinski definition) is 1. The third kappa shape index (κ3) is 6.09. The smallest absolute Gasteiger partial charge is 0.223 e. The molecule has 1 atom stereocenters. The fourth-order valence-electron chi connectivity index (χ4n) is 4.32. The highest BCUT2D eigenvalue weighted by molar-refractivity contribution is 14.0. The highest BCUT2D eigenvalue weighted by Crippen LogP contribution is 2.24. The summed E-state index contributed by atoms with van der Waals surface area (Å²) in [5, 5.41) is 3.45. The number of nitrogens with one attached hydrogen (secondary N) is 1. The lowest BCUT2D eigenvalue weighted by Gasteiger charge is -2.22. The van der Waals surface area contributed by atoms with Crippen LogP contribution in [0.5, 0.6) is 0 Å². The molecule has 6 heteroatoms. The number of likely N-dealkylation sites (tertiary alicyclic amines) is 1. The Bertz CT molecular complexity index is 651. The summed E-state index contributed by atoms with van der Waals surface area (Å²) in [4.78, 5) is 21.3. The van der Waals surface area contributed by atoms with Crippen molar-refractivity contribution < 1.29 is 4.79 Å². The second-order valence-electron chi connectivity index (χ2n) is 8.33. The second-order valence-corrected chi connectivity index (χ2v) is 8.33. The highest BCUT2D eigenvalue weighted by Gasteiger charge is 2.25. The van der Waals surface area contributed by atoms with Gasteiger partial charge in [-0.15, -0.1) is 24.0 Å². The predicted octanol–water partition coefficient (Wildman–Crippen LogP) is 3.87. The number of benzene rings is 1. The van der Waals surface area contributed by atoms with Gasteiger partial charge in [0.05, 0.1) is 0 Å². The summed E-state index contributed by atoms with van der Waals surface area (Å²) in [6.07, 6.45) is 3.98. The quantitative estimate of drug-likeness (QED) is 0.281. The number of carbonyl (C=O) groups excluding carboxylic acids is 1. The fourth-order valence-corrected chi connectivity index (χ4v) is 4.32. The molecule has 0 bridgehead atoms. The summed E-state index contributed by atoms with van der Waals surface area (Å²) in [6, 6.07) is 8.34. The zero-order valence-corrected chi connectivity index (χ0v) is 19.8. The molecule has 2 aliphatic rings. The number of guanidine groups is 1. The van der Waals surface area contributed by atoms with Crippen LogP contribution in [0.4, 0.5) is 0 Å². The Hall–Kier alpha value is -1.31. The van der Waals surface area contributed by atoms with Gasteiger partial charge in [-0.2, -0.15) is 0 Å². The van der Waals surface area contributed by atoms with Gasteiger partial charge in [0, 0.05) is 46.2 Å². The molecule has 1 N–H and O–H groups in total. The van der Waals surface area contributed by atoms with Crippen LogP contribution in [-0.4, -0.2) is 48.3 Å². The molecule has 2 heterocycles. The molecule has 3 rings (SSSR count). The van der Waals surface area contributed by atoms with E-state index in [4.69, 9.17) is 0 Å². The van der Waals surface area contributed by atoms with Crippen LogP contribution in [-0.2, 0) is 17.9 Å². The molecule has 0 spiro atoms. The maximum absolute atomic E-state index is 12.5. The summed E-state index contributed by atoms with van der Waals surface area (Å²) in [7, 11) is 1.85. The minimum atomic E-state index is 0. The molecule has 0 aliphatic carbocycles. The van der Waals surface area contributed by atoms with Gasteiger partial charge >= 0.3 is 0 Å². The normalized spacial score (nSPS) is 19.0. The van der Waals surface area contributed by atoms with E-state index >= 15 is 0 Å². The van der Waals surface area contributed by atoms with E-state index in [0.29, 0.717) is 6.42 Å². The van der Waals surface area contributed by atoms with Crippen LogP contribution in [0, 0.1) is 11.8 Å². The van der Waals surface area contributed by atoms with Crippen molar-refractivity contribution >= 4 is 35.8 Å². The summed E-state index contributed by atoms with van der Waals surface area (Å²) >= 11 is 0. The van der Waals surface area contributed by atoms with Crippen molar-refractivity contribution in [1.82, 2.24) is 15.1 Å². The van der Waals surface area contributed by atoms with E-state index in [1.165, 1.54) is 24.0 Å². The van der Waals surface area contributed by atoms with Crippen molar-refractivity contribution in [3.05, 3.63) is 35.4 Å². The molecule has 1 amide bonds. The topological polar surface area (TPSA) is 47.9 Å². The van der Waals surface area contributed by atoms with Crippen LogP contribution in [0.3, 0.4) is 0 Å². The van der Waals surface area contributed by atoms with E-state index in [2.05, 4.69) is 41.2 Å². The maximum atomic E-state index is 12.5. The zero-order chi connectivity index (χ0) is 19.2. The van der Waals surface area contributed by atoms with Crippen LogP contribution in [0.1, 0.15) is 50.7 Å². The van der Waals surface area contributed by atoms with Gasteiger partial charge < -0.3 is 15.1 Å². The lowest BCUT2D eigenvalue weighted by atomic mass is 9.97. The zero-order valence-electron chi connectivity index (χ0n) is 17.5. The van der Waals surface area contributed by atoms with Gasteiger partial charge in [0.2, 0.25) is 5.91 Å². The Morgan fingerprint density at radius 2 is 1.89 bits per heavy atom. The van der Waals surface area contributed by atoms with E-state index in [-0.39, 0.29) is 29.9 Å². The molecule has 28 heavy (non-hydrogen) atoms. The maximum Gasteiger partial charge on any atom is 0.223 e. The summed E-state index contributed by atoms with van der Waals surface area (Å²) < 4.78 is 0. The van der Waals surface area contributed by atoms with E-state index in [9.17, 15) is 4.79 Å². The number of halogens is 1. The number of carbonyl (C=O) groups is 1. The Morgan fingerprint density at radius 3 is 2.50 bits per heavy atom. The van der Waals surface area contributed by atoms with Gasteiger partial charge in [-0.3, -0.25) is 9.79 Å². The third-order valence-corrected chi connectivity index (χ3v) is 5.65. The molecular formula is C22H35IN4O. The molecule has 1 aromatic carbocycles. The molecule has 0 saturated carbocycles.